The summed E-state index contributed by atoms with van der Waals surface area (Å²) in [5.41, 5.74) is 0. The van der Waals surface area contributed by atoms with Crippen LogP contribution in [-0.2, 0) is 0 Å². The smallest absolute Gasteiger partial charge is 0.295 e. The van der Waals surface area contributed by atoms with Crippen LogP contribution >= 0.6 is 0 Å². The van der Waals surface area contributed by atoms with Crippen molar-refractivity contribution >= 4 is 7.48 Å². The van der Waals surface area contributed by atoms with E-state index in [9.17, 15) is 4.39 Å². The van der Waals surface area contributed by atoms with Gasteiger partial charge in [0.25, 0.3) is 7.48 Å². The van der Waals surface area contributed by atoms with Crippen LogP contribution < -0.4 is 0 Å². The van der Waals surface area contributed by atoms with Crippen LogP contribution in [0.4, 0.5) is 4.39 Å². The molecule has 0 aliphatic heterocycles. The molecule has 0 saturated heterocycles. The first kappa shape index (κ1) is 12.5. The van der Waals surface area contributed by atoms with Gasteiger partial charge in [-0.2, -0.15) is 6.42 Å². The van der Waals surface area contributed by atoms with E-state index in [-0.39, 0.29) is 36.9 Å². The largest absolute Gasteiger partial charge is 0.453 e. The molecule has 1 aliphatic rings. The van der Waals surface area contributed by atoms with Crippen molar-refractivity contribution in [2.45, 2.75) is 18.2 Å². The maximum Gasteiger partial charge on any atom is 0.295 e. The molecule has 0 unspecified atom stereocenters. The molecular formula is C8H10BFOU-. The third-order valence-electron chi connectivity index (χ3n) is 1.97. The minimum Gasteiger partial charge on any atom is -0.453 e. The quantitative estimate of drug-likeness (QED) is 0.564. The summed E-state index contributed by atoms with van der Waals surface area (Å²) in [6, 6.07) is 0. The number of hydrogen-bond donors (Lipinski definition) is 1. The van der Waals surface area contributed by atoms with Crippen molar-refractivity contribution < 1.29 is 40.5 Å². The zero-order valence-corrected chi connectivity index (χ0v) is 10.9. The number of halogens is 1. The van der Waals surface area contributed by atoms with E-state index in [4.69, 9.17) is 5.02 Å². The molecule has 63 valence electrons. The van der Waals surface area contributed by atoms with Crippen molar-refractivity contribution in [3.8, 4) is 0 Å². The van der Waals surface area contributed by atoms with Crippen molar-refractivity contribution in [3.05, 3.63) is 31.0 Å². The summed E-state index contributed by atoms with van der Waals surface area (Å²) in [6.45, 7) is 3.68. The summed E-state index contributed by atoms with van der Waals surface area (Å²) in [7, 11) is 1.08. The molecule has 0 fully saturated rings. The fourth-order valence-corrected chi connectivity index (χ4v) is 1.01. The topological polar surface area (TPSA) is 20.2 Å². The van der Waals surface area contributed by atoms with Gasteiger partial charge in [0.15, 0.2) is 0 Å². The SMILES string of the molecule is [CH2-]C[C@@]1([B]O)C=CC(F)=CC1.[U]. The molecule has 0 heterocycles. The fourth-order valence-electron chi connectivity index (χ4n) is 1.01. The molecule has 1 atom stereocenters. The van der Waals surface area contributed by atoms with Gasteiger partial charge in [-0.25, -0.2) is 4.39 Å². The Hall–Kier alpha value is 0.487. The molecular weight excluding hydrogens is 380 g/mol. The van der Waals surface area contributed by atoms with E-state index < -0.39 is 5.31 Å². The predicted molar refractivity (Wildman–Crippen MR) is 43.6 cm³/mol. The second-order valence-corrected chi connectivity index (χ2v) is 2.74. The zero-order valence-electron chi connectivity index (χ0n) is 6.76. The van der Waals surface area contributed by atoms with Crippen LogP contribution in [0.3, 0.4) is 0 Å². The summed E-state index contributed by atoms with van der Waals surface area (Å²) in [6.07, 6.45) is 5.51. The predicted octanol–water partition coefficient (Wildman–Crippen LogP) is 1.79. The Bertz CT molecular complexity index is 199. The molecule has 1 rings (SSSR count). The normalized spacial score (nSPS) is 27.4. The molecule has 0 saturated carbocycles. The molecule has 1 nitrogen and oxygen atoms in total. The van der Waals surface area contributed by atoms with Gasteiger partial charge in [-0.3, -0.25) is 0 Å². The van der Waals surface area contributed by atoms with Crippen LogP contribution in [0.5, 0.6) is 0 Å². The Morgan fingerprint density at radius 2 is 2.42 bits per heavy atom. The zero-order chi connectivity index (χ0) is 8.32. The van der Waals surface area contributed by atoms with Crippen LogP contribution in [0.25, 0.3) is 0 Å². The number of hydrogen-bond acceptors (Lipinski definition) is 1. The van der Waals surface area contributed by atoms with Gasteiger partial charge in [-0.1, -0.05) is 6.08 Å². The molecule has 12 heavy (non-hydrogen) atoms. The van der Waals surface area contributed by atoms with Crippen molar-refractivity contribution in [1.29, 1.82) is 0 Å². The maximum absolute atomic E-state index is 12.5. The molecule has 0 aromatic heterocycles. The van der Waals surface area contributed by atoms with E-state index in [1.165, 1.54) is 12.2 Å². The molecule has 0 aromatic carbocycles. The Morgan fingerprint density at radius 1 is 1.75 bits per heavy atom. The summed E-state index contributed by atoms with van der Waals surface area (Å²) in [5, 5.41) is 8.42. The molecule has 0 spiro atoms. The molecule has 0 amide bonds. The van der Waals surface area contributed by atoms with Crippen LogP contribution in [0.1, 0.15) is 12.8 Å². The van der Waals surface area contributed by atoms with E-state index in [2.05, 4.69) is 6.92 Å². The van der Waals surface area contributed by atoms with Gasteiger partial charge in [0, 0.05) is 31.1 Å². The molecule has 1 aliphatic carbocycles. The van der Waals surface area contributed by atoms with Gasteiger partial charge >= 0.3 is 0 Å². The first-order chi connectivity index (χ1) is 5.22. The second-order valence-electron chi connectivity index (χ2n) is 2.74. The minimum atomic E-state index is -0.435. The molecule has 1 N–H and O–H groups in total. The average Bonchev–Trinajstić information content (AvgIpc) is 2.07. The fraction of sp³-hybridized carbons (Fsp3) is 0.375. The number of rotatable bonds is 2. The van der Waals surface area contributed by atoms with Gasteiger partial charge in [-0.15, -0.1) is 0 Å². The van der Waals surface area contributed by atoms with Gasteiger partial charge in [-0.05, 0) is 23.9 Å². The van der Waals surface area contributed by atoms with Crippen molar-refractivity contribution in [3.63, 3.8) is 0 Å². The molecule has 0 aromatic rings. The van der Waals surface area contributed by atoms with Crippen LogP contribution in [0.15, 0.2) is 24.1 Å². The van der Waals surface area contributed by atoms with Crippen LogP contribution in [-0.4, -0.2) is 12.5 Å². The van der Waals surface area contributed by atoms with E-state index in [0.717, 1.165) is 7.48 Å². The van der Waals surface area contributed by atoms with Crippen molar-refractivity contribution in [2.75, 3.05) is 0 Å². The van der Waals surface area contributed by atoms with Crippen molar-refractivity contribution in [2.24, 2.45) is 0 Å². The standard InChI is InChI=1S/C8H10BFO.U/c1-2-8(9-11)5-3-7(10)4-6-8;/h3-5,11H,1-2,6H2;/q-1;/t8-;/m1./s1. The van der Waals surface area contributed by atoms with Crippen LogP contribution in [0.2, 0.25) is 5.31 Å². The minimum absolute atomic E-state index is 0. The summed E-state index contributed by atoms with van der Waals surface area (Å²) in [4.78, 5) is 0. The Morgan fingerprint density at radius 3 is 2.75 bits per heavy atom. The number of allylic oxidation sites excluding steroid dienone is 4. The van der Waals surface area contributed by atoms with E-state index in [1.54, 1.807) is 6.08 Å². The Labute approximate surface area is 96.8 Å². The Kier molecular flexibility index (Phi) is 5.48. The molecule has 1 radical (unpaired) electrons. The van der Waals surface area contributed by atoms with Gasteiger partial charge in [0.2, 0.25) is 0 Å². The van der Waals surface area contributed by atoms with Gasteiger partial charge < -0.3 is 11.9 Å². The monoisotopic (exact) mass is 390 g/mol. The van der Waals surface area contributed by atoms with Gasteiger partial charge in [0.1, 0.15) is 5.83 Å². The van der Waals surface area contributed by atoms with E-state index in [0.29, 0.717) is 12.8 Å². The van der Waals surface area contributed by atoms with E-state index in [1.807, 2.05) is 0 Å². The Balaban J connectivity index is 0.00000121. The first-order valence-corrected chi connectivity index (χ1v) is 3.55. The second kappa shape index (κ2) is 5.27. The summed E-state index contributed by atoms with van der Waals surface area (Å²) < 4.78 is 12.5. The third-order valence-corrected chi connectivity index (χ3v) is 1.97. The van der Waals surface area contributed by atoms with Gasteiger partial charge in [0.05, 0.1) is 0 Å². The van der Waals surface area contributed by atoms with E-state index >= 15 is 0 Å². The molecule has 0 bridgehead atoms. The average molecular weight is 390 g/mol. The van der Waals surface area contributed by atoms with Crippen molar-refractivity contribution in [1.82, 2.24) is 0 Å². The molecule has 4 heteroatoms. The first-order valence-electron chi connectivity index (χ1n) is 3.55. The summed E-state index contributed by atoms with van der Waals surface area (Å²) in [5.74, 6) is -0.240. The third kappa shape index (κ3) is 2.76. The van der Waals surface area contributed by atoms with Crippen LogP contribution in [0, 0.1) is 38.0 Å². The summed E-state index contributed by atoms with van der Waals surface area (Å²) >= 11 is 0. The maximum atomic E-state index is 12.5.